The van der Waals surface area contributed by atoms with E-state index < -0.39 is 12.8 Å². The Kier molecular flexibility index (Phi) is 7.40. The highest BCUT2D eigenvalue weighted by atomic mass is 19.4. The van der Waals surface area contributed by atoms with Crippen LogP contribution in [0.3, 0.4) is 0 Å². The lowest BCUT2D eigenvalue weighted by atomic mass is 10.1. The van der Waals surface area contributed by atoms with Crippen molar-refractivity contribution >= 4 is 5.96 Å². The van der Waals surface area contributed by atoms with Crippen molar-refractivity contribution in [3.8, 4) is 11.5 Å². The van der Waals surface area contributed by atoms with Gasteiger partial charge in [0.05, 0.1) is 6.61 Å². The molecule has 1 aliphatic heterocycles. The number of ether oxygens (including phenoxy) is 3. The smallest absolute Gasteiger partial charge is 0.411 e. The summed E-state index contributed by atoms with van der Waals surface area (Å²) in [5.41, 5.74) is 2.80. The summed E-state index contributed by atoms with van der Waals surface area (Å²) in [4.78, 5) is 4.20. The van der Waals surface area contributed by atoms with Crippen molar-refractivity contribution in [2.75, 3.05) is 27.0 Å². The average molecular weight is 423 g/mol. The van der Waals surface area contributed by atoms with Gasteiger partial charge in [0.15, 0.2) is 17.5 Å². The highest BCUT2D eigenvalue weighted by Crippen LogP contribution is 2.32. The van der Waals surface area contributed by atoms with E-state index >= 15 is 0 Å². The van der Waals surface area contributed by atoms with Gasteiger partial charge in [0.1, 0.15) is 6.61 Å². The number of aliphatic imine (C=N–C) groups is 1. The molecule has 0 saturated carbocycles. The molecule has 0 aliphatic carbocycles. The molecule has 0 amide bonds. The van der Waals surface area contributed by atoms with Crippen LogP contribution >= 0.6 is 0 Å². The number of hydrogen-bond acceptors (Lipinski definition) is 4. The second-order valence-electron chi connectivity index (χ2n) is 6.71. The van der Waals surface area contributed by atoms with Crippen molar-refractivity contribution in [1.82, 2.24) is 10.6 Å². The summed E-state index contributed by atoms with van der Waals surface area (Å²) in [6.45, 7) is 0.165. The molecular weight excluding hydrogens is 399 g/mol. The van der Waals surface area contributed by atoms with Gasteiger partial charge in [-0.25, -0.2) is 0 Å². The van der Waals surface area contributed by atoms with E-state index in [4.69, 9.17) is 9.47 Å². The number of guanidine groups is 1. The van der Waals surface area contributed by atoms with Gasteiger partial charge in [-0.3, -0.25) is 4.99 Å². The molecule has 0 fully saturated rings. The quantitative estimate of drug-likeness (QED) is 0.503. The van der Waals surface area contributed by atoms with Crippen molar-refractivity contribution < 1.29 is 27.4 Å². The number of halogens is 3. The van der Waals surface area contributed by atoms with Gasteiger partial charge < -0.3 is 24.8 Å². The fourth-order valence-corrected chi connectivity index (χ4v) is 2.87. The molecule has 0 saturated heterocycles. The van der Waals surface area contributed by atoms with Gasteiger partial charge in [0.2, 0.25) is 6.79 Å². The largest absolute Gasteiger partial charge is 0.454 e. The summed E-state index contributed by atoms with van der Waals surface area (Å²) in [5, 5.41) is 6.46. The summed E-state index contributed by atoms with van der Waals surface area (Å²) in [5.74, 6) is 2.19. The molecule has 162 valence electrons. The molecule has 0 radical (unpaired) electrons. The van der Waals surface area contributed by atoms with Gasteiger partial charge in [-0.05, 0) is 35.2 Å². The Balaban J connectivity index is 1.38. The fourth-order valence-electron chi connectivity index (χ4n) is 2.87. The summed E-state index contributed by atoms with van der Waals surface area (Å²) in [7, 11) is 1.69. The van der Waals surface area contributed by atoms with E-state index in [0.717, 1.165) is 29.0 Å². The number of nitrogens with one attached hydrogen (secondary N) is 2. The zero-order chi connectivity index (χ0) is 21.4. The Bertz CT molecular complexity index is 855. The van der Waals surface area contributed by atoms with Crippen LogP contribution in [0.4, 0.5) is 13.2 Å². The number of nitrogens with zero attached hydrogens (tertiary/aromatic N) is 1. The van der Waals surface area contributed by atoms with Crippen molar-refractivity contribution in [3.05, 3.63) is 59.2 Å². The molecule has 1 heterocycles. The van der Waals surface area contributed by atoms with Crippen LogP contribution in [-0.2, 0) is 24.3 Å². The minimum atomic E-state index is -4.31. The van der Waals surface area contributed by atoms with E-state index in [1.54, 1.807) is 19.2 Å². The summed E-state index contributed by atoms with van der Waals surface area (Å²) < 4.78 is 51.7. The highest BCUT2D eigenvalue weighted by Gasteiger charge is 2.27. The molecule has 0 aromatic heterocycles. The van der Waals surface area contributed by atoms with E-state index in [1.807, 2.05) is 30.3 Å². The van der Waals surface area contributed by atoms with Crippen molar-refractivity contribution in [2.45, 2.75) is 25.7 Å². The first-order chi connectivity index (χ1) is 14.4. The topological polar surface area (TPSA) is 64.1 Å². The van der Waals surface area contributed by atoms with E-state index in [0.29, 0.717) is 24.6 Å². The van der Waals surface area contributed by atoms with Gasteiger partial charge in [0, 0.05) is 20.1 Å². The van der Waals surface area contributed by atoms with Gasteiger partial charge in [0.25, 0.3) is 0 Å². The molecule has 2 aromatic carbocycles. The van der Waals surface area contributed by atoms with Crippen LogP contribution in [0.25, 0.3) is 0 Å². The van der Waals surface area contributed by atoms with E-state index in [-0.39, 0.29) is 13.4 Å². The number of hydrogen-bond donors (Lipinski definition) is 2. The van der Waals surface area contributed by atoms with Gasteiger partial charge >= 0.3 is 6.18 Å². The molecule has 9 heteroatoms. The third-order valence-electron chi connectivity index (χ3n) is 4.38. The van der Waals surface area contributed by atoms with Crippen LogP contribution < -0.4 is 20.1 Å². The highest BCUT2D eigenvalue weighted by molar-refractivity contribution is 5.79. The Labute approximate surface area is 173 Å². The molecule has 0 unspecified atom stereocenters. The minimum absolute atomic E-state index is 0.0731. The molecule has 6 nitrogen and oxygen atoms in total. The van der Waals surface area contributed by atoms with Gasteiger partial charge in [-0.15, -0.1) is 0 Å². The molecule has 30 heavy (non-hydrogen) atoms. The standard InChI is InChI=1S/C21H24F3N3O3/c1-25-20(26-9-8-15-6-7-18-19(10-15)30-14-29-18)27-11-16-2-4-17(5-3-16)12-28-13-21(22,23)24/h2-7,10H,8-9,11-14H2,1H3,(H2,25,26,27). The lowest BCUT2D eigenvalue weighted by Crippen LogP contribution is -2.37. The maximum absolute atomic E-state index is 12.1. The third-order valence-corrected chi connectivity index (χ3v) is 4.38. The first-order valence-electron chi connectivity index (χ1n) is 9.48. The SMILES string of the molecule is CN=C(NCCc1ccc2c(c1)OCO2)NCc1ccc(COCC(F)(F)F)cc1. The van der Waals surface area contributed by atoms with Crippen LogP contribution in [-0.4, -0.2) is 39.1 Å². The predicted molar refractivity (Wildman–Crippen MR) is 107 cm³/mol. The van der Waals surface area contributed by atoms with E-state index in [9.17, 15) is 13.2 Å². The zero-order valence-corrected chi connectivity index (χ0v) is 16.6. The summed E-state index contributed by atoms with van der Waals surface area (Å²) >= 11 is 0. The molecule has 0 atom stereocenters. The number of rotatable bonds is 8. The Hall–Kier alpha value is -2.94. The van der Waals surface area contributed by atoms with Crippen molar-refractivity contribution in [1.29, 1.82) is 0 Å². The first-order valence-corrected chi connectivity index (χ1v) is 9.48. The van der Waals surface area contributed by atoms with E-state index in [2.05, 4.69) is 20.4 Å². The van der Waals surface area contributed by atoms with Crippen molar-refractivity contribution in [2.24, 2.45) is 4.99 Å². The van der Waals surface area contributed by atoms with Crippen LogP contribution in [0.15, 0.2) is 47.5 Å². The number of benzene rings is 2. The maximum atomic E-state index is 12.1. The minimum Gasteiger partial charge on any atom is -0.454 e. The average Bonchev–Trinajstić information content (AvgIpc) is 3.18. The Morgan fingerprint density at radius 3 is 2.43 bits per heavy atom. The monoisotopic (exact) mass is 423 g/mol. The van der Waals surface area contributed by atoms with Crippen LogP contribution in [0, 0.1) is 0 Å². The molecule has 2 aromatic rings. The normalized spacial score (nSPS) is 13.4. The number of fused-ring (bicyclic) bond motifs is 1. The predicted octanol–water partition coefficient (Wildman–Crippen LogP) is 3.40. The summed E-state index contributed by atoms with van der Waals surface area (Å²) in [6.07, 6.45) is -3.51. The van der Waals surface area contributed by atoms with Gasteiger partial charge in [-0.2, -0.15) is 13.2 Å². The maximum Gasteiger partial charge on any atom is 0.411 e. The zero-order valence-electron chi connectivity index (χ0n) is 16.6. The number of alkyl halides is 3. The van der Waals surface area contributed by atoms with Crippen LogP contribution in [0.2, 0.25) is 0 Å². The second-order valence-corrected chi connectivity index (χ2v) is 6.71. The molecule has 3 rings (SSSR count). The van der Waals surface area contributed by atoms with Gasteiger partial charge in [-0.1, -0.05) is 30.3 Å². The Morgan fingerprint density at radius 1 is 1.00 bits per heavy atom. The fraction of sp³-hybridized carbons (Fsp3) is 0.381. The summed E-state index contributed by atoms with van der Waals surface area (Å²) in [6, 6.07) is 13.1. The first kappa shape index (κ1) is 21.8. The molecule has 1 aliphatic rings. The molecule has 0 spiro atoms. The molecular formula is C21H24F3N3O3. The van der Waals surface area contributed by atoms with Crippen molar-refractivity contribution in [3.63, 3.8) is 0 Å². The lowest BCUT2D eigenvalue weighted by Gasteiger charge is -2.13. The van der Waals surface area contributed by atoms with Crippen LogP contribution in [0.1, 0.15) is 16.7 Å². The Morgan fingerprint density at radius 2 is 1.70 bits per heavy atom. The third kappa shape index (κ3) is 6.84. The van der Waals surface area contributed by atoms with Crippen LogP contribution in [0.5, 0.6) is 11.5 Å². The molecule has 2 N–H and O–H groups in total. The lowest BCUT2D eigenvalue weighted by molar-refractivity contribution is -0.176. The van der Waals surface area contributed by atoms with E-state index in [1.165, 1.54) is 0 Å². The second kappa shape index (κ2) is 10.2. The molecule has 0 bridgehead atoms.